The summed E-state index contributed by atoms with van der Waals surface area (Å²) in [5.41, 5.74) is 1.00. The molecule has 1 atom stereocenters. The molecule has 0 saturated heterocycles. The van der Waals surface area contributed by atoms with Crippen LogP contribution in [0.25, 0.3) is 0 Å². The highest BCUT2D eigenvalue weighted by Gasteiger charge is 2.15. The second kappa shape index (κ2) is 7.88. The van der Waals surface area contributed by atoms with Gasteiger partial charge in [0.1, 0.15) is 6.61 Å². The Morgan fingerprint density at radius 2 is 1.89 bits per heavy atom. The van der Waals surface area contributed by atoms with Crippen molar-refractivity contribution in [3.8, 4) is 0 Å². The van der Waals surface area contributed by atoms with Crippen molar-refractivity contribution in [3.05, 3.63) is 35.9 Å². The van der Waals surface area contributed by atoms with Gasteiger partial charge in [-0.2, -0.15) is 0 Å². The number of carbonyl (C=O) groups is 1. The van der Waals surface area contributed by atoms with Gasteiger partial charge in [-0.1, -0.05) is 44.2 Å². The molecule has 0 heterocycles. The van der Waals surface area contributed by atoms with E-state index in [1.165, 1.54) is 0 Å². The van der Waals surface area contributed by atoms with Gasteiger partial charge in [0.15, 0.2) is 0 Å². The zero-order valence-corrected chi connectivity index (χ0v) is 11.4. The predicted molar refractivity (Wildman–Crippen MR) is 71.1 cm³/mol. The van der Waals surface area contributed by atoms with E-state index < -0.39 is 0 Å². The maximum atomic E-state index is 11.7. The number of ether oxygens (including phenoxy) is 2. The molecule has 0 amide bonds. The zero-order chi connectivity index (χ0) is 13.4. The molecule has 0 bridgehead atoms. The van der Waals surface area contributed by atoms with Gasteiger partial charge in [-0.05, 0) is 17.9 Å². The smallest absolute Gasteiger partial charge is 0.308 e. The fourth-order valence-corrected chi connectivity index (χ4v) is 1.77. The minimum absolute atomic E-state index is 0.0479. The van der Waals surface area contributed by atoms with E-state index in [-0.39, 0.29) is 12.1 Å². The van der Waals surface area contributed by atoms with E-state index in [2.05, 4.69) is 13.8 Å². The van der Waals surface area contributed by atoms with E-state index in [0.717, 1.165) is 12.0 Å². The van der Waals surface area contributed by atoms with Crippen molar-refractivity contribution in [3.63, 3.8) is 0 Å². The third-order valence-electron chi connectivity index (χ3n) is 2.70. The van der Waals surface area contributed by atoms with Crippen LogP contribution in [0.2, 0.25) is 0 Å². The Morgan fingerprint density at radius 3 is 2.44 bits per heavy atom. The number of hydrogen-bond donors (Lipinski definition) is 0. The Bertz CT molecular complexity index is 346. The lowest BCUT2D eigenvalue weighted by Crippen LogP contribution is -2.19. The second-order valence-electron chi connectivity index (χ2n) is 4.84. The normalized spacial score (nSPS) is 12.4. The Hall–Kier alpha value is -1.35. The van der Waals surface area contributed by atoms with Crippen molar-refractivity contribution < 1.29 is 14.3 Å². The van der Waals surface area contributed by atoms with Crippen LogP contribution in [0.4, 0.5) is 0 Å². The third-order valence-corrected chi connectivity index (χ3v) is 2.70. The zero-order valence-electron chi connectivity index (χ0n) is 11.4. The van der Waals surface area contributed by atoms with Crippen molar-refractivity contribution in [2.45, 2.75) is 39.4 Å². The highest BCUT2D eigenvalue weighted by atomic mass is 16.5. The fraction of sp³-hybridized carbons (Fsp3) is 0.533. The lowest BCUT2D eigenvalue weighted by atomic mass is 10.0. The number of esters is 1. The molecule has 0 aliphatic carbocycles. The van der Waals surface area contributed by atoms with Crippen LogP contribution in [0.15, 0.2) is 30.3 Å². The van der Waals surface area contributed by atoms with Crippen LogP contribution in [0.5, 0.6) is 0 Å². The molecule has 0 radical (unpaired) electrons. The van der Waals surface area contributed by atoms with Gasteiger partial charge in [0.2, 0.25) is 0 Å². The van der Waals surface area contributed by atoms with Crippen LogP contribution in [-0.4, -0.2) is 19.2 Å². The Kier molecular flexibility index (Phi) is 6.44. The molecule has 3 nitrogen and oxygen atoms in total. The largest absolute Gasteiger partial charge is 0.461 e. The van der Waals surface area contributed by atoms with Gasteiger partial charge in [0.05, 0.1) is 12.5 Å². The first-order valence-electron chi connectivity index (χ1n) is 6.34. The molecule has 0 spiro atoms. The van der Waals surface area contributed by atoms with E-state index in [0.29, 0.717) is 18.9 Å². The molecule has 1 rings (SSSR count). The van der Waals surface area contributed by atoms with E-state index in [1.54, 1.807) is 7.11 Å². The molecule has 0 aliphatic heterocycles. The van der Waals surface area contributed by atoms with Crippen LogP contribution in [0, 0.1) is 5.92 Å². The number of carbonyl (C=O) groups excluding carboxylic acids is 1. The molecule has 18 heavy (non-hydrogen) atoms. The minimum atomic E-state index is -0.202. The van der Waals surface area contributed by atoms with Crippen LogP contribution in [-0.2, 0) is 20.9 Å². The standard InChI is InChI=1S/C15H22O3/c1-12(2)9-14(17-3)10-15(16)18-11-13-7-5-4-6-8-13/h4-8,12,14H,9-11H2,1-3H3. The summed E-state index contributed by atoms with van der Waals surface area (Å²) in [5.74, 6) is 0.309. The van der Waals surface area contributed by atoms with Crippen molar-refractivity contribution in [2.75, 3.05) is 7.11 Å². The predicted octanol–water partition coefficient (Wildman–Crippen LogP) is 3.18. The lowest BCUT2D eigenvalue weighted by molar-refractivity contribution is -0.148. The van der Waals surface area contributed by atoms with Crippen molar-refractivity contribution >= 4 is 5.97 Å². The summed E-state index contributed by atoms with van der Waals surface area (Å²) in [6.45, 7) is 4.56. The van der Waals surface area contributed by atoms with E-state index >= 15 is 0 Å². The molecule has 3 heteroatoms. The molecule has 100 valence electrons. The van der Waals surface area contributed by atoms with Gasteiger partial charge in [-0.3, -0.25) is 4.79 Å². The highest BCUT2D eigenvalue weighted by molar-refractivity contribution is 5.70. The Balaban J connectivity index is 2.32. The monoisotopic (exact) mass is 250 g/mol. The summed E-state index contributed by atoms with van der Waals surface area (Å²) >= 11 is 0. The minimum Gasteiger partial charge on any atom is -0.461 e. The van der Waals surface area contributed by atoms with Crippen LogP contribution in [0.3, 0.4) is 0 Å². The highest BCUT2D eigenvalue weighted by Crippen LogP contribution is 2.12. The summed E-state index contributed by atoms with van der Waals surface area (Å²) in [5, 5.41) is 0. The van der Waals surface area contributed by atoms with Gasteiger partial charge < -0.3 is 9.47 Å². The molecule has 0 saturated carbocycles. The van der Waals surface area contributed by atoms with Crippen molar-refractivity contribution in [2.24, 2.45) is 5.92 Å². The van der Waals surface area contributed by atoms with Gasteiger partial charge in [-0.15, -0.1) is 0 Å². The molecule has 1 unspecified atom stereocenters. The molecule has 0 aromatic heterocycles. The van der Waals surface area contributed by atoms with Crippen LogP contribution >= 0.6 is 0 Å². The first kappa shape index (κ1) is 14.7. The molecular weight excluding hydrogens is 228 g/mol. The summed E-state index contributed by atoms with van der Waals surface area (Å²) in [6, 6.07) is 9.68. The number of benzene rings is 1. The van der Waals surface area contributed by atoms with Gasteiger partial charge >= 0.3 is 5.97 Å². The van der Waals surface area contributed by atoms with Crippen LogP contribution < -0.4 is 0 Å². The quantitative estimate of drug-likeness (QED) is 0.697. The Morgan fingerprint density at radius 1 is 1.22 bits per heavy atom. The summed E-state index contributed by atoms with van der Waals surface area (Å²) in [7, 11) is 1.64. The maximum absolute atomic E-state index is 11.7. The SMILES string of the molecule is COC(CC(=O)OCc1ccccc1)CC(C)C. The second-order valence-corrected chi connectivity index (χ2v) is 4.84. The summed E-state index contributed by atoms with van der Waals surface area (Å²) in [4.78, 5) is 11.7. The number of hydrogen-bond acceptors (Lipinski definition) is 3. The van der Waals surface area contributed by atoms with Crippen LogP contribution in [0.1, 0.15) is 32.3 Å². The van der Waals surface area contributed by atoms with Crippen molar-refractivity contribution in [1.29, 1.82) is 0 Å². The van der Waals surface area contributed by atoms with E-state index in [4.69, 9.17) is 9.47 Å². The van der Waals surface area contributed by atoms with Gasteiger partial charge in [0.25, 0.3) is 0 Å². The number of rotatable bonds is 7. The fourth-order valence-electron chi connectivity index (χ4n) is 1.77. The first-order valence-corrected chi connectivity index (χ1v) is 6.34. The van der Waals surface area contributed by atoms with Crippen molar-refractivity contribution in [1.82, 2.24) is 0 Å². The Labute approximate surface area is 109 Å². The third kappa shape index (κ3) is 5.82. The molecule has 0 aliphatic rings. The maximum Gasteiger partial charge on any atom is 0.308 e. The molecule has 1 aromatic carbocycles. The average molecular weight is 250 g/mol. The summed E-state index contributed by atoms with van der Waals surface area (Å²) < 4.78 is 10.5. The number of methoxy groups -OCH3 is 1. The molecule has 0 N–H and O–H groups in total. The molecule has 0 fully saturated rings. The summed E-state index contributed by atoms with van der Waals surface area (Å²) in [6.07, 6.45) is 1.15. The van der Waals surface area contributed by atoms with Gasteiger partial charge in [0, 0.05) is 7.11 Å². The van der Waals surface area contributed by atoms with E-state index in [1.807, 2.05) is 30.3 Å². The molecular formula is C15H22O3. The molecule has 1 aromatic rings. The lowest BCUT2D eigenvalue weighted by Gasteiger charge is -2.16. The topological polar surface area (TPSA) is 35.5 Å². The first-order chi connectivity index (χ1) is 8.61. The average Bonchev–Trinajstić information content (AvgIpc) is 2.36. The van der Waals surface area contributed by atoms with Gasteiger partial charge in [-0.25, -0.2) is 0 Å². The van der Waals surface area contributed by atoms with E-state index in [9.17, 15) is 4.79 Å².